The molecule has 1 unspecified atom stereocenters. The van der Waals surface area contributed by atoms with Crippen molar-refractivity contribution in [3.8, 4) is 0 Å². The molecule has 2 aromatic rings. The van der Waals surface area contributed by atoms with E-state index >= 15 is 0 Å². The van der Waals surface area contributed by atoms with Crippen LogP contribution in [0.25, 0.3) is 10.9 Å². The average Bonchev–Trinajstić information content (AvgIpc) is 2.53. The van der Waals surface area contributed by atoms with Crippen LogP contribution in [0.1, 0.15) is 18.4 Å². The van der Waals surface area contributed by atoms with E-state index in [2.05, 4.69) is 19.6 Å². The summed E-state index contributed by atoms with van der Waals surface area (Å²) in [5, 5.41) is 0.827. The number of nitrogens with zero attached hydrogens (tertiary/aromatic N) is 3. The second-order valence-electron chi connectivity index (χ2n) is 6.39. The van der Waals surface area contributed by atoms with Gasteiger partial charge < -0.3 is 4.90 Å². The summed E-state index contributed by atoms with van der Waals surface area (Å²) in [5.74, 6) is 0.730. The minimum absolute atomic E-state index is 0.222. The Kier molecular flexibility index (Phi) is 4.69. The van der Waals surface area contributed by atoms with Gasteiger partial charge in [0.25, 0.3) is 0 Å². The lowest BCUT2D eigenvalue weighted by Gasteiger charge is -2.34. The van der Waals surface area contributed by atoms with Crippen LogP contribution in [0.15, 0.2) is 18.5 Å². The molecule has 1 saturated heterocycles. The fraction of sp³-hybridized carbons (Fsp3) is 0.500. The summed E-state index contributed by atoms with van der Waals surface area (Å²) in [6.07, 6.45) is 4.55. The molecule has 0 radical (unpaired) electrons. The van der Waals surface area contributed by atoms with Crippen molar-refractivity contribution in [2.75, 3.05) is 30.8 Å². The van der Waals surface area contributed by atoms with Crippen molar-refractivity contribution in [2.24, 2.45) is 5.92 Å². The summed E-state index contributed by atoms with van der Waals surface area (Å²) in [4.78, 5) is 10.7. The first kappa shape index (κ1) is 17.0. The largest absolute Gasteiger partial charge is 0.356 e. The van der Waals surface area contributed by atoms with Gasteiger partial charge in [-0.25, -0.2) is 27.5 Å². The standard InChI is InChI=1S/C16H21FN4O2S/c1-11-6-13-15(7-14(11)17)18-10-19-16(13)21-5-3-4-12(9-21)8-20-24(2,22)23/h6-7,10,12,20H,3-5,8-9H2,1-2H3. The third-order valence-corrected chi connectivity index (χ3v) is 5.04. The summed E-state index contributed by atoms with van der Waals surface area (Å²) in [6.45, 7) is 3.70. The van der Waals surface area contributed by atoms with E-state index in [0.717, 1.165) is 30.6 Å². The molecule has 8 heteroatoms. The molecule has 1 aliphatic heterocycles. The Morgan fingerprint density at radius 2 is 2.17 bits per heavy atom. The van der Waals surface area contributed by atoms with E-state index < -0.39 is 10.0 Å². The average molecular weight is 352 g/mol. The molecular formula is C16H21FN4O2S. The summed E-state index contributed by atoms with van der Waals surface area (Å²) in [7, 11) is -3.19. The SMILES string of the molecule is Cc1cc2c(N3CCCC(CNS(C)(=O)=O)C3)ncnc2cc1F. The zero-order valence-electron chi connectivity index (χ0n) is 13.8. The molecular weight excluding hydrogens is 331 g/mol. The molecule has 0 saturated carbocycles. The van der Waals surface area contributed by atoms with Crippen LogP contribution in [0.3, 0.4) is 0 Å². The van der Waals surface area contributed by atoms with Crippen molar-refractivity contribution in [1.29, 1.82) is 0 Å². The molecule has 1 aromatic heterocycles. The van der Waals surface area contributed by atoms with E-state index in [-0.39, 0.29) is 11.7 Å². The Hall–Kier alpha value is -1.80. The third-order valence-electron chi connectivity index (χ3n) is 4.35. The van der Waals surface area contributed by atoms with Gasteiger partial charge in [0.2, 0.25) is 10.0 Å². The first-order valence-corrected chi connectivity index (χ1v) is 9.83. The van der Waals surface area contributed by atoms with Gasteiger partial charge in [0.1, 0.15) is 18.0 Å². The second-order valence-corrected chi connectivity index (χ2v) is 8.22. The van der Waals surface area contributed by atoms with Crippen LogP contribution in [0.2, 0.25) is 0 Å². The van der Waals surface area contributed by atoms with E-state index in [1.165, 1.54) is 18.6 Å². The van der Waals surface area contributed by atoms with Crippen molar-refractivity contribution in [1.82, 2.24) is 14.7 Å². The van der Waals surface area contributed by atoms with E-state index in [1.807, 2.05) is 0 Å². The Morgan fingerprint density at radius 3 is 2.92 bits per heavy atom. The Balaban J connectivity index is 1.86. The number of aryl methyl sites for hydroxylation is 1. The van der Waals surface area contributed by atoms with Crippen molar-refractivity contribution in [2.45, 2.75) is 19.8 Å². The number of piperidine rings is 1. The Bertz CT molecular complexity index is 857. The van der Waals surface area contributed by atoms with Gasteiger partial charge in [0.15, 0.2) is 0 Å². The maximum absolute atomic E-state index is 13.8. The topological polar surface area (TPSA) is 75.2 Å². The molecule has 0 spiro atoms. The molecule has 1 N–H and O–H groups in total. The fourth-order valence-corrected chi connectivity index (χ4v) is 3.66. The normalized spacial score (nSPS) is 19.0. The number of hydrogen-bond acceptors (Lipinski definition) is 5. The van der Waals surface area contributed by atoms with Crippen LogP contribution in [0, 0.1) is 18.7 Å². The minimum Gasteiger partial charge on any atom is -0.356 e. The van der Waals surface area contributed by atoms with Crippen LogP contribution in [0.4, 0.5) is 10.2 Å². The summed E-state index contributed by atoms with van der Waals surface area (Å²) >= 11 is 0. The zero-order valence-corrected chi connectivity index (χ0v) is 14.6. The van der Waals surface area contributed by atoms with Gasteiger partial charge in [-0.3, -0.25) is 0 Å². The van der Waals surface area contributed by atoms with E-state index in [0.29, 0.717) is 24.2 Å². The maximum Gasteiger partial charge on any atom is 0.208 e. The van der Waals surface area contributed by atoms with Crippen LogP contribution in [-0.2, 0) is 10.0 Å². The van der Waals surface area contributed by atoms with Crippen molar-refractivity contribution in [3.63, 3.8) is 0 Å². The number of halogens is 1. The van der Waals surface area contributed by atoms with E-state index in [9.17, 15) is 12.8 Å². The van der Waals surface area contributed by atoms with Crippen LogP contribution in [0.5, 0.6) is 0 Å². The summed E-state index contributed by atoms with van der Waals surface area (Å²) < 4.78 is 38.9. The minimum atomic E-state index is -3.19. The lowest BCUT2D eigenvalue weighted by Crippen LogP contribution is -2.41. The van der Waals surface area contributed by atoms with Crippen molar-refractivity contribution < 1.29 is 12.8 Å². The highest BCUT2D eigenvalue weighted by atomic mass is 32.2. The molecule has 130 valence electrons. The maximum atomic E-state index is 13.8. The highest BCUT2D eigenvalue weighted by molar-refractivity contribution is 7.88. The van der Waals surface area contributed by atoms with Gasteiger partial charge in [-0.1, -0.05) is 0 Å². The number of sulfonamides is 1. The predicted molar refractivity (Wildman–Crippen MR) is 92.0 cm³/mol. The molecule has 1 aliphatic rings. The third kappa shape index (κ3) is 3.81. The number of anilines is 1. The van der Waals surface area contributed by atoms with Gasteiger partial charge in [0.05, 0.1) is 11.8 Å². The summed E-state index contributed by atoms with van der Waals surface area (Å²) in [6, 6.07) is 3.21. The monoisotopic (exact) mass is 352 g/mol. The summed E-state index contributed by atoms with van der Waals surface area (Å²) in [5.41, 5.74) is 1.14. The molecule has 0 aliphatic carbocycles. The number of benzene rings is 1. The Labute approximate surface area is 141 Å². The number of rotatable bonds is 4. The molecule has 1 aromatic carbocycles. The molecule has 3 rings (SSSR count). The van der Waals surface area contributed by atoms with Gasteiger partial charge in [-0.15, -0.1) is 0 Å². The fourth-order valence-electron chi connectivity index (χ4n) is 3.12. The molecule has 1 atom stereocenters. The van der Waals surface area contributed by atoms with Gasteiger partial charge >= 0.3 is 0 Å². The highest BCUT2D eigenvalue weighted by Crippen LogP contribution is 2.28. The lowest BCUT2D eigenvalue weighted by atomic mass is 9.98. The van der Waals surface area contributed by atoms with Gasteiger partial charge in [-0.2, -0.15) is 0 Å². The first-order chi connectivity index (χ1) is 11.3. The molecule has 6 nitrogen and oxygen atoms in total. The first-order valence-electron chi connectivity index (χ1n) is 7.94. The quantitative estimate of drug-likeness (QED) is 0.909. The molecule has 0 bridgehead atoms. The molecule has 2 heterocycles. The number of fused-ring (bicyclic) bond motifs is 1. The van der Waals surface area contributed by atoms with Crippen molar-refractivity contribution in [3.05, 3.63) is 29.8 Å². The number of hydrogen-bond donors (Lipinski definition) is 1. The van der Waals surface area contributed by atoms with E-state index in [1.54, 1.807) is 13.0 Å². The van der Waals surface area contributed by atoms with Crippen LogP contribution in [-0.4, -0.2) is 44.3 Å². The smallest absolute Gasteiger partial charge is 0.208 e. The zero-order chi connectivity index (χ0) is 17.3. The molecule has 1 fully saturated rings. The Morgan fingerprint density at radius 1 is 1.38 bits per heavy atom. The molecule has 0 amide bonds. The second kappa shape index (κ2) is 6.60. The lowest BCUT2D eigenvalue weighted by molar-refractivity contribution is 0.410. The number of nitrogens with one attached hydrogen (secondary N) is 1. The van der Waals surface area contributed by atoms with Crippen molar-refractivity contribution >= 4 is 26.7 Å². The predicted octanol–water partition coefficient (Wildman–Crippen LogP) is 1.84. The van der Waals surface area contributed by atoms with E-state index in [4.69, 9.17) is 0 Å². The van der Waals surface area contributed by atoms with Gasteiger partial charge in [-0.05, 0) is 37.3 Å². The van der Waals surface area contributed by atoms with Crippen LogP contribution < -0.4 is 9.62 Å². The number of aromatic nitrogens is 2. The highest BCUT2D eigenvalue weighted by Gasteiger charge is 2.23. The molecule has 24 heavy (non-hydrogen) atoms. The van der Waals surface area contributed by atoms with Crippen LogP contribution >= 0.6 is 0 Å². The van der Waals surface area contributed by atoms with Gasteiger partial charge in [0, 0.05) is 31.1 Å².